The quantitative estimate of drug-likeness (QED) is 0.705. The van der Waals surface area contributed by atoms with Crippen LogP contribution in [0.4, 0.5) is 17.3 Å². The van der Waals surface area contributed by atoms with Crippen LogP contribution in [-0.2, 0) is 6.42 Å². The van der Waals surface area contributed by atoms with Gasteiger partial charge in [-0.1, -0.05) is 37.3 Å². The third-order valence-electron chi connectivity index (χ3n) is 4.41. The summed E-state index contributed by atoms with van der Waals surface area (Å²) in [6.07, 6.45) is 3.98. The van der Waals surface area contributed by atoms with Crippen LogP contribution in [0.15, 0.2) is 54.9 Å². The number of benzene rings is 2. The minimum Gasteiger partial charge on any atom is -0.324 e. The van der Waals surface area contributed by atoms with E-state index in [0.29, 0.717) is 11.5 Å². The van der Waals surface area contributed by atoms with Gasteiger partial charge in [-0.2, -0.15) is 0 Å². The highest BCUT2D eigenvalue weighted by molar-refractivity contribution is 6.04. The van der Waals surface area contributed by atoms with Crippen molar-refractivity contribution >= 4 is 23.2 Å². The van der Waals surface area contributed by atoms with E-state index in [1.54, 1.807) is 0 Å². The highest BCUT2D eigenvalue weighted by Crippen LogP contribution is 2.20. The molecule has 0 saturated carbocycles. The summed E-state index contributed by atoms with van der Waals surface area (Å²) in [6.45, 7) is 6.10. The molecule has 0 aliphatic heterocycles. The summed E-state index contributed by atoms with van der Waals surface area (Å²) in [4.78, 5) is 21.0. The fourth-order valence-corrected chi connectivity index (χ4v) is 2.66. The summed E-state index contributed by atoms with van der Waals surface area (Å²) >= 11 is 0. The molecule has 5 heteroatoms. The fourth-order valence-electron chi connectivity index (χ4n) is 2.66. The van der Waals surface area contributed by atoms with Crippen LogP contribution in [0.5, 0.6) is 0 Å². The molecule has 0 spiro atoms. The Balaban J connectivity index is 1.73. The molecular weight excluding hydrogens is 324 g/mol. The van der Waals surface area contributed by atoms with Crippen LogP contribution in [0, 0.1) is 13.8 Å². The predicted octanol–water partition coefficient (Wildman–Crippen LogP) is 4.65. The Morgan fingerprint density at radius 1 is 0.962 bits per heavy atom. The van der Waals surface area contributed by atoms with Gasteiger partial charge in [0.1, 0.15) is 0 Å². The van der Waals surface area contributed by atoms with Crippen LogP contribution >= 0.6 is 0 Å². The van der Waals surface area contributed by atoms with E-state index >= 15 is 0 Å². The molecule has 3 aromatic rings. The highest BCUT2D eigenvalue weighted by Gasteiger charge is 2.10. The molecule has 1 amide bonds. The number of para-hydroxylation sites is 1. The van der Waals surface area contributed by atoms with E-state index in [4.69, 9.17) is 0 Å². The lowest BCUT2D eigenvalue weighted by atomic mass is 10.1. The van der Waals surface area contributed by atoms with Gasteiger partial charge in [0.25, 0.3) is 5.91 Å². The molecule has 26 heavy (non-hydrogen) atoms. The van der Waals surface area contributed by atoms with E-state index in [1.807, 2.05) is 50.2 Å². The van der Waals surface area contributed by atoms with Crippen LogP contribution in [0.2, 0.25) is 0 Å². The van der Waals surface area contributed by atoms with Gasteiger partial charge in [-0.25, -0.2) is 9.97 Å². The largest absolute Gasteiger partial charge is 0.324 e. The lowest BCUT2D eigenvalue weighted by Gasteiger charge is -2.11. The number of amides is 1. The first-order valence-electron chi connectivity index (χ1n) is 8.63. The number of hydrogen-bond donors (Lipinski definition) is 2. The van der Waals surface area contributed by atoms with Crippen molar-refractivity contribution in [3.8, 4) is 0 Å². The number of anilines is 3. The minimum atomic E-state index is -0.223. The first-order valence-corrected chi connectivity index (χ1v) is 8.63. The van der Waals surface area contributed by atoms with Crippen molar-refractivity contribution in [1.29, 1.82) is 0 Å². The summed E-state index contributed by atoms with van der Waals surface area (Å²) in [5, 5.41) is 6.12. The Labute approximate surface area is 153 Å². The maximum atomic E-state index is 12.4. The monoisotopic (exact) mass is 346 g/mol. The molecule has 5 nitrogen and oxygen atoms in total. The molecule has 2 N–H and O–H groups in total. The molecule has 3 rings (SSSR count). The van der Waals surface area contributed by atoms with E-state index in [1.165, 1.54) is 18.0 Å². The third kappa shape index (κ3) is 3.88. The number of carbonyl (C=O) groups is 1. The van der Waals surface area contributed by atoms with Crippen LogP contribution < -0.4 is 10.6 Å². The maximum absolute atomic E-state index is 12.4. The van der Waals surface area contributed by atoms with Crippen LogP contribution in [0.25, 0.3) is 0 Å². The van der Waals surface area contributed by atoms with E-state index in [9.17, 15) is 4.79 Å². The van der Waals surface area contributed by atoms with Crippen LogP contribution in [0.3, 0.4) is 0 Å². The molecule has 0 bridgehead atoms. The summed E-state index contributed by atoms with van der Waals surface area (Å²) in [6, 6.07) is 13.9. The summed E-state index contributed by atoms with van der Waals surface area (Å²) in [5.41, 5.74) is 5.56. The molecule has 2 aromatic carbocycles. The van der Waals surface area contributed by atoms with E-state index < -0.39 is 0 Å². The Bertz CT molecular complexity index is 920. The van der Waals surface area contributed by atoms with Crippen molar-refractivity contribution in [1.82, 2.24) is 9.97 Å². The lowest BCUT2D eigenvalue weighted by Crippen LogP contribution is -2.14. The molecule has 1 heterocycles. The minimum absolute atomic E-state index is 0.223. The van der Waals surface area contributed by atoms with Gasteiger partial charge in [-0.15, -0.1) is 0 Å². The predicted molar refractivity (Wildman–Crippen MR) is 105 cm³/mol. The molecule has 0 saturated heterocycles. The average molecular weight is 346 g/mol. The van der Waals surface area contributed by atoms with Crippen molar-refractivity contribution < 1.29 is 4.79 Å². The summed E-state index contributed by atoms with van der Waals surface area (Å²) in [7, 11) is 0. The second-order valence-corrected chi connectivity index (χ2v) is 6.13. The number of aromatic nitrogens is 2. The van der Waals surface area contributed by atoms with Gasteiger partial charge >= 0.3 is 0 Å². The van der Waals surface area contributed by atoms with Crippen molar-refractivity contribution in [3.63, 3.8) is 0 Å². The zero-order chi connectivity index (χ0) is 18.5. The Hall–Kier alpha value is -3.21. The molecule has 132 valence electrons. The lowest BCUT2D eigenvalue weighted by molar-refractivity contribution is 0.102. The van der Waals surface area contributed by atoms with Crippen LogP contribution in [0.1, 0.15) is 34.0 Å². The normalized spacial score (nSPS) is 10.4. The van der Waals surface area contributed by atoms with Crippen LogP contribution in [-0.4, -0.2) is 15.9 Å². The SMILES string of the molecule is CCc1ccccc1Nc1ncc(C(=O)Nc2cccc(C)c2C)cn1. The highest BCUT2D eigenvalue weighted by atomic mass is 16.1. The molecule has 0 aliphatic carbocycles. The number of aryl methyl sites for hydroxylation is 2. The van der Waals surface area contributed by atoms with Gasteiger partial charge in [0.05, 0.1) is 5.56 Å². The topological polar surface area (TPSA) is 66.9 Å². The maximum Gasteiger partial charge on any atom is 0.258 e. The van der Waals surface area contributed by atoms with Crippen molar-refractivity contribution in [2.75, 3.05) is 10.6 Å². The number of nitrogens with zero attached hydrogens (tertiary/aromatic N) is 2. The van der Waals surface area contributed by atoms with Gasteiger partial charge in [0, 0.05) is 23.8 Å². The molecule has 0 unspecified atom stereocenters. The number of rotatable bonds is 5. The second-order valence-electron chi connectivity index (χ2n) is 6.13. The molecule has 0 radical (unpaired) electrons. The Morgan fingerprint density at radius 2 is 1.65 bits per heavy atom. The standard InChI is InChI=1S/C21H22N4O/c1-4-16-9-5-6-10-19(16)25-21-22-12-17(13-23-21)20(26)24-18-11-7-8-14(2)15(18)3/h5-13H,4H2,1-3H3,(H,24,26)(H,22,23,25). The van der Waals surface area contributed by atoms with E-state index in [2.05, 4.69) is 33.6 Å². The number of carbonyl (C=O) groups excluding carboxylic acids is 1. The molecule has 0 aliphatic rings. The number of hydrogen-bond acceptors (Lipinski definition) is 4. The first-order chi connectivity index (χ1) is 12.6. The molecule has 0 atom stereocenters. The number of nitrogens with one attached hydrogen (secondary N) is 2. The smallest absolute Gasteiger partial charge is 0.258 e. The third-order valence-corrected chi connectivity index (χ3v) is 4.41. The van der Waals surface area contributed by atoms with Crippen molar-refractivity contribution in [2.45, 2.75) is 27.2 Å². The van der Waals surface area contributed by atoms with Crippen molar-refractivity contribution in [3.05, 3.63) is 77.1 Å². The summed E-state index contributed by atoms with van der Waals surface area (Å²) in [5.74, 6) is 0.244. The van der Waals surface area contributed by atoms with Gasteiger partial charge in [-0.3, -0.25) is 4.79 Å². The molecule has 0 fully saturated rings. The van der Waals surface area contributed by atoms with Gasteiger partial charge in [0.15, 0.2) is 0 Å². The second kappa shape index (κ2) is 7.78. The van der Waals surface area contributed by atoms with E-state index in [0.717, 1.165) is 28.9 Å². The first kappa shape index (κ1) is 17.6. The van der Waals surface area contributed by atoms with Gasteiger partial charge in [-0.05, 0) is 49.1 Å². The Morgan fingerprint density at radius 3 is 2.38 bits per heavy atom. The summed E-state index contributed by atoms with van der Waals surface area (Å²) < 4.78 is 0. The molecular formula is C21H22N4O. The van der Waals surface area contributed by atoms with E-state index in [-0.39, 0.29) is 5.91 Å². The van der Waals surface area contributed by atoms with Gasteiger partial charge < -0.3 is 10.6 Å². The zero-order valence-electron chi connectivity index (χ0n) is 15.2. The zero-order valence-corrected chi connectivity index (χ0v) is 15.2. The molecule has 1 aromatic heterocycles. The van der Waals surface area contributed by atoms with Gasteiger partial charge in [0.2, 0.25) is 5.95 Å². The fraction of sp³-hybridized carbons (Fsp3) is 0.190. The average Bonchev–Trinajstić information content (AvgIpc) is 2.66. The van der Waals surface area contributed by atoms with Crippen molar-refractivity contribution in [2.24, 2.45) is 0 Å². The Kier molecular flexibility index (Phi) is 5.27.